The molecule has 2 rings (SSSR count). The first-order valence-corrected chi connectivity index (χ1v) is 7.50. The Balaban J connectivity index is 2.55. The van der Waals surface area contributed by atoms with Crippen LogP contribution >= 0.6 is 27.5 Å². The van der Waals surface area contributed by atoms with Crippen molar-refractivity contribution in [3.63, 3.8) is 0 Å². The summed E-state index contributed by atoms with van der Waals surface area (Å²) in [5.74, 6) is -0.145. The van der Waals surface area contributed by atoms with Crippen molar-refractivity contribution >= 4 is 27.5 Å². The van der Waals surface area contributed by atoms with Crippen molar-refractivity contribution in [3.05, 3.63) is 67.9 Å². The first kappa shape index (κ1) is 15.5. The minimum absolute atomic E-state index is 0.0407. The molecule has 0 spiro atoms. The Labute approximate surface area is 132 Å². The molecule has 2 aromatic carbocycles. The lowest BCUT2D eigenvalue weighted by molar-refractivity contribution is 0.604. The molecule has 106 valence electrons. The van der Waals surface area contributed by atoms with E-state index in [-0.39, 0.29) is 11.9 Å². The van der Waals surface area contributed by atoms with Crippen molar-refractivity contribution in [1.82, 2.24) is 5.32 Å². The van der Waals surface area contributed by atoms with E-state index in [1.54, 1.807) is 13.8 Å². The Bertz CT molecular complexity index is 619. The zero-order valence-corrected chi connectivity index (χ0v) is 13.9. The highest BCUT2D eigenvalue weighted by Gasteiger charge is 2.17. The number of nitrogens with one attached hydrogen (secondary N) is 1. The Morgan fingerprint density at radius 1 is 1.15 bits per heavy atom. The van der Waals surface area contributed by atoms with Crippen LogP contribution in [0.1, 0.15) is 28.3 Å². The summed E-state index contributed by atoms with van der Waals surface area (Å²) < 4.78 is 14.7. The number of halogens is 3. The van der Waals surface area contributed by atoms with E-state index in [1.165, 1.54) is 0 Å². The SMILES string of the molecule is CNC(c1cc(C)c(F)c(C)c1)c1cc(Cl)ccc1Br. The van der Waals surface area contributed by atoms with E-state index < -0.39 is 0 Å². The second-order valence-corrected chi connectivity index (χ2v) is 6.15. The van der Waals surface area contributed by atoms with E-state index in [1.807, 2.05) is 37.4 Å². The van der Waals surface area contributed by atoms with E-state index in [0.717, 1.165) is 15.6 Å². The minimum Gasteiger partial charge on any atom is -0.309 e. The zero-order chi connectivity index (χ0) is 14.9. The van der Waals surface area contributed by atoms with E-state index in [9.17, 15) is 4.39 Å². The van der Waals surface area contributed by atoms with Crippen LogP contribution in [0.25, 0.3) is 0 Å². The molecule has 2 aromatic rings. The fraction of sp³-hybridized carbons (Fsp3) is 0.250. The summed E-state index contributed by atoms with van der Waals surface area (Å²) in [7, 11) is 1.88. The molecule has 0 amide bonds. The third-order valence-electron chi connectivity index (χ3n) is 3.35. The Hall–Kier alpha value is -0.900. The summed E-state index contributed by atoms with van der Waals surface area (Å²) in [5, 5.41) is 3.95. The molecule has 1 atom stereocenters. The van der Waals surface area contributed by atoms with E-state index >= 15 is 0 Å². The smallest absolute Gasteiger partial charge is 0.129 e. The van der Waals surface area contributed by atoms with Gasteiger partial charge in [0.15, 0.2) is 0 Å². The lowest BCUT2D eigenvalue weighted by atomic mass is 9.95. The van der Waals surface area contributed by atoms with Crippen LogP contribution in [-0.4, -0.2) is 7.05 Å². The molecule has 0 aliphatic heterocycles. The molecule has 0 bridgehead atoms. The zero-order valence-electron chi connectivity index (χ0n) is 11.6. The van der Waals surface area contributed by atoms with Gasteiger partial charge in [0, 0.05) is 9.50 Å². The molecule has 1 N–H and O–H groups in total. The normalized spacial score (nSPS) is 12.5. The summed E-state index contributed by atoms with van der Waals surface area (Å²) >= 11 is 9.63. The van der Waals surface area contributed by atoms with Crippen molar-refractivity contribution in [2.24, 2.45) is 0 Å². The van der Waals surface area contributed by atoms with Crippen LogP contribution in [0.4, 0.5) is 4.39 Å². The van der Waals surface area contributed by atoms with Crippen LogP contribution in [0.15, 0.2) is 34.8 Å². The average Bonchev–Trinajstić information content (AvgIpc) is 2.40. The lowest BCUT2D eigenvalue weighted by Crippen LogP contribution is -2.18. The molecule has 0 radical (unpaired) electrons. The fourth-order valence-corrected chi connectivity index (χ4v) is 3.04. The third-order valence-corrected chi connectivity index (χ3v) is 4.31. The molecule has 0 aliphatic carbocycles. The van der Waals surface area contributed by atoms with Crippen molar-refractivity contribution in [3.8, 4) is 0 Å². The van der Waals surface area contributed by atoms with Crippen molar-refractivity contribution < 1.29 is 4.39 Å². The summed E-state index contributed by atoms with van der Waals surface area (Å²) in [4.78, 5) is 0. The first-order chi connectivity index (χ1) is 9.43. The first-order valence-electron chi connectivity index (χ1n) is 6.33. The largest absolute Gasteiger partial charge is 0.309 e. The van der Waals surface area contributed by atoms with Gasteiger partial charge in [0.05, 0.1) is 6.04 Å². The van der Waals surface area contributed by atoms with Gasteiger partial charge in [0.25, 0.3) is 0 Å². The summed E-state index contributed by atoms with van der Waals surface area (Å²) in [6.07, 6.45) is 0. The predicted octanol–water partition coefficient (Wildman–Crippen LogP) is 5.17. The molecule has 20 heavy (non-hydrogen) atoms. The quantitative estimate of drug-likeness (QED) is 0.800. The molecule has 4 heteroatoms. The van der Waals surface area contributed by atoms with Gasteiger partial charge in [-0.05, 0) is 61.3 Å². The fourth-order valence-electron chi connectivity index (χ4n) is 2.38. The van der Waals surface area contributed by atoms with Crippen LogP contribution in [0.3, 0.4) is 0 Å². The van der Waals surface area contributed by atoms with Gasteiger partial charge in [-0.15, -0.1) is 0 Å². The molecule has 0 aliphatic rings. The van der Waals surface area contributed by atoms with E-state index in [4.69, 9.17) is 11.6 Å². The molecular formula is C16H16BrClFN. The Morgan fingerprint density at radius 3 is 2.30 bits per heavy atom. The van der Waals surface area contributed by atoms with Crippen LogP contribution < -0.4 is 5.32 Å². The highest BCUT2D eigenvalue weighted by atomic mass is 79.9. The van der Waals surface area contributed by atoms with Crippen LogP contribution in [0, 0.1) is 19.7 Å². The van der Waals surface area contributed by atoms with Gasteiger partial charge in [-0.1, -0.05) is 39.7 Å². The van der Waals surface area contributed by atoms with Gasteiger partial charge in [-0.3, -0.25) is 0 Å². The third kappa shape index (κ3) is 3.05. The second-order valence-electron chi connectivity index (χ2n) is 4.86. The molecule has 1 nitrogen and oxygen atoms in total. The van der Waals surface area contributed by atoms with Crippen molar-refractivity contribution in [2.45, 2.75) is 19.9 Å². The topological polar surface area (TPSA) is 12.0 Å². The summed E-state index contributed by atoms with van der Waals surface area (Å²) in [5.41, 5.74) is 3.36. The number of hydrogen-bond donors (Lipinski definition) is 1. The number of hydrogen-bond acceptors (Lipinski definition) is 1. The Kier molecular flexibility index (Phi) is 4.84. The van der Waals surface area contributed by atoms with Gasteiger partial charge in [0.2, 0.25) is 0 Å². The maximum absolute atomic E-state index is 13.8. The van der Waals surface area contributed by atoms with Crippen LogP contribution in [0.2, 0.25) is 5.02 Å². The highest BCUT2D eigenvalue weighted by molar-refractivity contribution is 9.10. The molecule has 0 aromatic heterocycles. The predicted molar refractivity (Wildman–Crippen MR) is 85.9 cm³/mol. The van der Waals surface area contributed by atoms with Crippen LogP contribution in [-0.2, 0) is 0 Å². The summed E-state index contributed by atoms with van der Waals surface area (Å²) in [6.45, 7) is 3.57. The molecule has 1 unspecified atom stereocenters. The number of rotatable bonds is 3. The highest BCUT2D eigenvalue weighted by Crippen LogP contribution is 2.32. The van der Waals surface area contributed by atoms with E-state index in [0.29, 0.717) is 16.1 Å². The van der Waals surface area contributed by atoms with Gasteiger partial charge in [0.1, 0.15) is 5.82 Å². The second kappa shape index (κ2) is 6.25. The van der Waals surface area contributed by atoms with Crippen molar-refractivity contribution in [2.75, 3.05) is 7.05 Å². The Morgan fingerprint density at radius 2 is 1.75 bits per heavy atom. The van der Waals surface area contributed by atoms with Gasteiger partial charge in [-0.25, -0.2) is 4.39 Å². The van der Waals surface area contributed by atoms with Gasteiger partial charge >= 0.3 is 0 Å². The standard InChI is InChI=1S/C16H16BrClFN/c1-9-6-11(7-10(2)15(9)19)16(20-3)13-8-12(18)4-5-14(13)17/h4-8,16,20H,1-3H3. The van der Waals surface area contributed by atoms with Gasteiger partial charge in [-0.2, -0.15) is 0 Å². The molecule has 0 fully saturated rings. The average molecular weight is 357 g/mol. The monoisotopic (exact) mass is 355 g/mol. The maximum Gasteiger partial charge on any atom is 0.129 e. The maximum atomic E-state index is 13.8. The van der Waals surface area contributed by atoms with Crippen molar-refractivity contribution in [1.29, 1.82) is 0 Å². The molecular weight excluding hydrogens is 341 g/mol. The number of benzene rings is 2. The van der Waals surface area contributed by atoms with E-state index in [2.05, 4.69) is 21.2 Å². The molecule has 0 saturated carbocycles. The molecule has 0 heterocycles. The van der Waals surface area contributed by atoms with Crippen LogP contribution in [0.5, 0.6) is 0 Å². The molecule has 0 saturated heterocycles. The van der Waals surface area contributed by atoms with Gasteiger partial charge < -0.3 is 5.32 Å². The number of aryl methyl sites for hydroxylation is 2. The minimum atomic E-state index is -0.145. The summed E-state index contributed by atoms with van der Waals surface area (Å²) in [6, 6.07) is 9.38. The lowest BCUT2D eigenvalue weighted by Gasteiger charge is -2.20.